The average Bonchev–Trinajstić information content (AvgIpc) is 2.89. The first-order chi connectivity index (χ1) is 9.79. The van der Waals surface area contributed by atoms with E-state index in [-0.39, 0.29) is 0 Å². The van der Waals surface area contributed by atoms with Crippen molar-refractivity contribution in [3.05, 3.63) is 36.4 Å². The molecule has 2 heterocycles. The van der Waals surface area contributed by atoms with Crippen LogP contribution in [-0.2, 0) is 0 Å². The lowest BCUT2D eigenvalue weighted by molar-refractivity contribution is 0.171. The molecule has 0 bridgehead atoms. The molecule has 0 saturated carbocycles. The molecule has 2 aromatic carbocycles. The molecular weight excluding hydrogens is 272 g/mol. The number of ether oxygens (including phenoxy) is 2. The Bertz CT molecular complexity index is 798. The average molecular weight is 284 g/mol. The standard InChI is InChI=1S/C15H12N2O2S/c16-10-2-3-11-14(8-10)20-15(17-11)9-1-4-12-13(7-9)19-6-5-18-12/h1-4,7-8H,5-6,16H2. The van der Waals surface area contributed by atoms with Gasteiger partial charge in [-0.25, -0.2) is 4.98 Å². The molecule has 1 aliphatic rings. The molecule has 0 fully saturated rings. The SMILES string of the molecule is Nc1ccc2nc(-c3ccc4c(c3)OCCO4)sc2c1. The van der Waals surface area contributed by atoms with Crippen LogP contribution in [0.2, 0.25) is 0 Å². The number of nitrogen functional groups attached to an aromatic ring is 1. The third kappa shape index (κ3) is 1.87. The summed E-state index contributed by atoms with van der Waals surface area (Å²) in [7, 11) is 0. The Hall–Kier alpha value is -2.27. The van der Waals surface area contributed by atoms with Gasteiger partial charge < -0.3 is 15.2 Å². The van der Waals surface area contributed by atoms with Crippen LogP contribution in [0.4, 0.5) is 5.69 Å². The maximum atomic E-state index is 5.81. The van der Waals surface area contributed by atoms with E-state index in [0.29, 0.717) is 13.2 Å². The number of fused-ring (bicyclic) bond motifs is 2. The molecule has 4 nitrogen and oxygen atoms in total. The third-order valence-corrected chi connectivity index (χ3v) is 4.27. The van der Waals surface area contributed by atoms with Crippen LogP contribution in [0, 0.1) is 0 Å². The Labute approximate surface area is 119 Å². The lowest BCUT2D eigenvalue weighted by atomic mass is 10.2. The molecular formula is C15H12N2O2S. The van der Waals surface area contributed by atoms with Gasteiger partial charge in [-0.1, -0.05) is 0 Å². The number of aromatic nitrogens is 1. The van der Waals surface area contributed by atoms with Crippen molar-refractivity contribution in [2.24, 2.45) is 0 Å². The monoisotopic (exact) mass is 284 g/mol. The van der Waals surface area contributed by atoms with Crippen LogP contribution in [0.5, 0.6) is 11.5 Å². The number of nitrogens with two attached hydrogens (primary N) is 1. The topological polar surface area (TPSA) is 57.4 Å². The van der Waals surface area contributed by atoms with E-state index in [4.69, 9.17) is 15.2 Å². The summed E-state index contributed by atoms with van der Waals surface area (Å²) < 4.78 is 12.2. The van der Waals surface area contributed by atoms with Gasteiger partial charge in [0.25, 0.3) is 0 Å². The zero-order valence-electron chi connectivity index (χ0n) is 10.6. The summed E-state index contributed by atoms with van der Waals surface area (Å²) >= 11 is 1.63. The number of hydrogen-bond donors (Lipinski definition) is 1. The van der Waals surface area contributed by atoms with Crippen LogP contribution in [-0.4, -0.2) is 18.2 Å². The summed E-state index contributed by atoms with van der Waals surface area (Å²) in [6.07, 6.45) is 0. The second-order valence-electron chi connectivity index (χ2n) is 4.60. The van der Waals surface area contributed by atoms with Crippen molar-refractivity contribution in [3.63, 3.8) is 0 Å². The predicted molar refractivity (Wildman–Crippen MR) is 80.5 cm³/mol. The molecule has 1 aromatic heterocycles. The van der Waals surface area contributed by atoms with E-state index >= 15 is 0 Å². The highest BCUT2D eigenvalue weighted by Gasteiger charge is 2.14. The van der Waals surface area contributed by atoms with Crippen molar-refractivity contribution in [2.75, 3.05) is 18.9 Å². The molecule has 0 amide bonds. The Morgan fingerprint density at radius 1 is 1.00 bits per heavy atom. The van der Waals surface area contributed by atoms with E-state index in [1.54, 1.807) is 11.3 Å². The summed E-state index contributed by atoms with van der Waals surface area (Å²) in [6.45, 7) is 1.19. The van der Waals surface area contributed by atoms with Gasteiger partial charge in [0.2, 0.25) is 0 Å². The quantitative estimate of drug-likeness (QED) is 0.696. The summed E-state index contributed by atoms with van der Waals surface area (Å²) in [6, 6.07) is 11.7. The van der Waals surface area contributed by atoms with Crippen LogP contribution in [0.3, 0.4) is 0 Å². The van der Waals surface area contributed by atoms with E-state index in [1.807, 2.05) is 36.4 Å². The molecule has 4 rings (SSSR count). The first-order valence-electron chi connectivity index (χ1n) is 6.36. The fraction of sp³-hybridized carbons (Fsp3) is 0.133. The molecule has 0 saturated heterocycles. The smallest absolute Gasteiger partial charge is 0.162 e. The number of hydrogen-bond acceptors (Lipinski definition) is 5. The van der Waals surface area contributed by atoms with E-state index in [1.165, 1.54) is 0 Å². The van der Waals surface area contributed by atoms with Crippen molar-refractivity contribution < 1.29 is 9.47 Å². The van der Waals surface area contributed by atoms with E-state index in [2.05, 4.69) is 4.98 Å². The summed E-state index contributed by atoms with van der Waals surface area (Å²) in [5.74, 6) is 1.58. The van der Waals surface area contributed by atoms with Gasteiger partial charge in [0.15, 0.2) is 11.5 Å². The van der Waals surface area contributed by atoms with Gasteiger partial charge in [-0.3, -0.25) is 0 Å². The largest absolute Gasteiger partial charge is 0.486 e. The molecule has 0 atom stereocenters. The normalized spacial score (nSPS) is 13.6. The molecule has 3 aromatic rings. The van der Waals surface area contributed by atoms with Gasteiger partial charge in [0.1, 0.15) is 18.2 Å². The van der Waals surface area contributed by atoms with E-state index in [0.717, 1.165) is 38.0 Å². The van der Waals surface area contributed by atoms with Crippen molar-refractivity contribution in [3.8, 4) is 22.1 Å². The number of rotatable bonds is 1. The van der Waals surface area contributed by atoms with Crippen LogP contribution in [0.1, 0.15) is 0 Å². The molecule has 0 unspecified atom stereocenters. The van der Waals surface area contributed by atoms with Crippen molar-refractivity contribution in [1.82, 2.24) is 4.98 Å². The maximum Gasteiger partial charge on any atom is 0.162 e. The molecule has 2 N–H and O–H groups in total. The van der Waals surface area contributed by atoms with Crippen molar-refractivity contribution in [2.45, 2.75) is 0 Å². The van der Waals surface area contributed by atoms with E-state index in [9.17, 15) is 0 Å². The van der Waals surface area contributed by atoms with E-state index < -0.39 is 0 Å². The Kier molecular flexibility index (Phi) is 2.53. The number of thiazole rings is 1. The molecule has 0 spiro atoms. The Morgan fingerprint density at radius 3 is 2.75 bits per heavy atom. The highest BCUT2D eigenvalue weighted by molar-refractivity contribution is 7.21. The lowest BCUT2D eigenvalue weighted by Gasteiger charge is -2.18. The fourth-order valence-electron chi connectivity index (χ4n) is 2.24. The predicted octanol–water partition coefficient (Wildman–Crippen LogP) is 3.32. The second kappa shape index (κ2) is 4.38. The first-order valence-corrected chi connectivity index (χ1v) is 7.17. The minimum Gasteiger partial charge on any atom is -0.486 e. The molecule has 20 heavy (non-hydrogen) atoms. The summed E-state index contributed by atoms with van der Waals surface area (Å²) in [5.41, 5.74) is 8.57. The fourth-order valence-corrected chi connectivity index (χ4v) is 3.25. The van der Waals surface area contributed by atoms with Gasteiger partial charge in [0.05, 0.1) is 10.2 Å². The van der Waals surface area contributed by atoms with Crippen LogP contribution in [0.15, 0.2) is 36.4 Å². The molecule has 5 heteroatoms. The zero-order chi connectivity index (χ0) is 13.5. The highest BCUT2D eigenvalue weighted by Crippen LogP contribution is 2.37. The lowest BCUT2D eigenvalue weighted by Crippen LogP contribution is -2.15. The van der Waals surface area contributed by atoms with Gasteiger partial charge in [-0.15, -0.1) is 11.3 Å². The highest BCUT2D eigenvalue weighted by atomic mass is 32.1. The van der Waals surface area contributed by atoms with Crippen LogP contribution in [0.25, 0.3) is 20.8 Å². The second-order valence-corrected chi connectivity index (χ2v) is 5.64. The van der Waals surface area contributed by atoms with Crippen LogP contribution < -0.4 is 15.2 Å². The minimum absolute atomic E-state index is 0.590. The zero-order valence-corrected chi connectivity index (χ0v) is 11.4. The number of anilines is 1. The molecule has 0 radical (unpaired) electrons. The Balaban J connectivity index is 1.82. The van der Waals surface area contributed by atoms with Gasteiger partial charge in [-0.2, -0.15) is 0 Å². The molecule has 100 valence electrons. The number of benzene rings is 2. The van der Waals surface area contributed by atoms with Crippen LogP contribution >= 0.6 is 11.3 Å². The van der Waals surface area contributed by atoms with Gasteiger partial charge >= 0.3 is 0 Å². The van der Waals surface area contributed by atoms with Gasteiger partial charge in [0, 0.05) is 11.3 Å². The minimum atomic E-state index is 0.590. The van der Waals surface area contributed by atoms with Crippen molar-refractivity contribution in [1.29, 1.82) is 0 Å². The Morgan fingerprint density at radius 2 is 1.85 bits per heavy atom. The molecule has 1 aliphatic heterocycles. The first kappa shape index (κ1) is 11.5. The molecule has 0 aliphatic carbocycles. The third-order valence-electron chi connectivity index (χ3n) is 3.20. The summed E-state index contributed by atoms with van der Waals surface area (Å²) in [5, 5.41) is 0.961. The maximum absolute atomic E-state index is 5.81. The van der Waals surface area contributed by atoms with Crippen molar-refractivity contribution >= 4 is 27.2 Å². The van der Waals surface area contributed by atoms with Gasteiger partial charge in [-0.05, 0) is 36.4 Å². The summed E-state index contributed by atoms with van der Waals surface area (Å²) in [4.78, 5) is 4.64. The number of nitrogens with zero attached hydrogens (tertiary/aromatic N) is 1.